The number of esters is 3. The van der Waals surface area contributed by atoms with Gasteiger partial charge >= 0.3 is 17.9 Å². The number of carbonyl (C=O) groups is 3. The second-order valence-electron chi connectivity index (χ2n) is 21.3. The lowest BCUT2D eigenvalue weighted by Gasteiger charge is -2.18. The van der Waals surface area contributed by atoms with Crippen molar-refractivity contribution < 1.29 is 28.6 Å². The summed E-state index contributed by atoms with van der Waals surface area (Å²) in [5.74, 6) is -0.894. The van der Waals surface area contributed by atoms with Crippen molar-refractivity contribution >= 4 is 17.9 Å². The number of hydrogen-bond donors (Lipinski definition) is 0. The van der Waals surface area contributed by atoms with E-state index in [0.29, 0.717) is 19.3 Å². The van der Waals surface area contributed by atoms with Gasteiger partial charge in [-0.1, -0.05) is 291 Å². The predicted octanol–water partition coefficient (Wildman–Crippen LogP) is 22.2. The molecule has 0 spiro atoms. The molecule has 6 nitrogen and oxygen atoms in total. The Morgan fingerprint density at radius 3 is 0.792 bits per heavy atom. The number of unbranched alkanes of at least 4 members (excludes halogenated alkanes) is 29. The topological polar surface area (TPSA) is 78.9 Å². The molecule has 0 aliphatic rings. The molecule has 0 aromatic heterocycles. The zero-order chi connectivity index (χ0) is 55.7. The van der Waals surface area contributed by atoms with E-state index in [2.05, 4.69) is 130 Å². The van der Waals surface area contributed by atoms with Crippen molar-refractivity contribution in [2.24, 2.45) is 0 Å². The first-order valence-electron chi connectivity index (χ1n) is 32.4. The quantitative estimate of drug-likeness (QED) is 0.0261. The van der Waals surface area contributed by atoms with Crippen LogP contribution < -0.4 is 0 Å². The van der Waals surface area contributed by atoms with Crippen molar-refractivity contribution in [3.63, 3.8) is 0 Å². The maximum Gasteiger partial charge on any atom is 0.306 e. The average Bonchev–Trinajstić information content (AvgIpc) is 3.43. The van der Waals surface area contributed by atoms with Gasteiger partial charge in [0.1, 0.15) is 13.2 Å². The second kappa shape index (κ2) is 64.6. The summed E-state index contributed by atoms with van der Waals surface area (Å²) < 4.78 is 16.8. The van der Waals surface area contributed by atoms with Crippen molar-refractivity contribution in [2.75, 3.05) is 13.2 Å². The summed E-state index contributed by atoms with van der Waals surface area (Å²) in [4.78, 5) is 38.1. The van der Waals surface area contributed by atoms with Crippen molar-refractivity contribution in [1.82, 2.24) is 0 Å². The first kappa shape index (κ1) is 73.1. The summed E-state index contributed by atoms with van der Waals surface area (Å²) in [7, 11) is 0. The summed E-state index contributed by atoms with van der Waals surface area (Å²) in [5.41, 5.74) is 0. The first-order valence-corrected chi connectivity index (χ1v) is 32.4. The van der Waals surface area contributed by atoms with E-state index < -0.39 is 6.10 Å². The monoisotopic (exact) mass is 1070 g/mol. The van der Waals surface area contributed by atoms with Crippen LogP contribution in [-0.4, -0.2) is 37.2 Å². The Labute approximate surface area is 476 Å². The molecule has 1 atom stereocenters. The van der Waals surface area contributed by atoms with Crippen LogP contribution in [-0.2, 0) is 28.6 Å². The maximum atomic E-state index is 12.8. The van der Waals surface area contributed by atoms with E-state index in [1.165, 1.54) is 128 Å². The van der Waals surface area contributed by atoms with Gasteiger partial charge in [-0.3, -0.25) is 14.4 Å². The van der Waals surface area contributed by atoms with Gasteiger partial charge in [-0.25, -0.2) is 0 Å². The number of ether oxygens (including phenoxy) is 3. The number of rotatable bonds is 58. The van der Waals surface area contributed by atoms with E-state index in [4.69, 9.17) is 14.2 Å². The molecular weight excluding hydrogens is 949 g/mol. The van der Waals surface area contributed by atoms with Crippen molar-refractivity contribution in [1.29, 1.82) is 0 Å². The molecule has 0 N–H and O–H groups in total. The number of carbonyl (C=O) groups excluding carboxylic acids is 3. The van der Waals surface area contributed by atoms with Gasteiger partial charge in [0.15, 0.2) is 6.10 Å². The predicted molar refractivity (Wildman–Crippen MR) is 334 cm³/mol. The molecule has 0 radical (unpaired) electrons. The fourth-order valence-corrected chi connectivity index (χ4v) is 8.99. The third-order valence-corrected chi connectivity index (χ3v) is 13.8. The highest BCUT2D eigenvalue weighted by Crippen LogP contribution is 2.16. The van der Waals surface area contributed by atoms with Crippen LogP contribution in [0.5, 0.6) is 0 Å². The van der Waals surface area contributed by atoms with Crippen LogP contribution in [0.3, 0.4) is 0 Å². The van der Waals surface area contributed by atoms with Gasteiger partial charge < -0.3 is 14.2 Å². The molecule has 0 aliphatic carbocycles. The standard InChI is InChI=1S/C71H120O6/c1-4-7-10-13-16-19-21-23-25-26-27-28-29-30-31-32-33-34-35-36-37-38-39-40-41-42-43-44-46-47-49-52-55-58-61-64-70(73)76-67-68(66-75-69(72)63-60-57-54-51-18-15-12-9-6-3)77-71(74)65-62-59-56-53-50-48-45-24-22-20-17-14-11-8-5-2/h7-8,10-11,16-17,19-20,23-25,27-28,30-31,33-34,45,68H,4-6,9,12-15,18,21-22,26,29,32,35-44,46-67H2,1-3H3/b10-7-,11-8-,19-16-,20-17-,25-23-,28-27-,31-30-,34-33-,45-24-. The van der Waals surface area contributed by atoms with Crippen molar-refractivity contribution in [3.8, 4) is 0 Å². The molecule has 0 rings (SSSR count). The molecule has 0 saturated carbocycles. The average molecular weight is 1070 g/mol. The fraction of sp³-hybridized carbons (Fsp3) is 0.704. The zero-order valence-electron chi connectivity index (χ0n) is 50.4. The van der Waals surface area contributed by atoms with Crippen LogP contribution in [0.15, 0.2) is 109 Å². The Bertz CT molecular complexity index is 1560. The lowest BCUT2D eigenvalue weighted by molar-refractivity contribution is -0.167. The van der Waals surface area contributed by atoms with E-state index in [1.807, 2.05) is 0 Å². The Morgan fingerprint density at radius 2 is 0.506 bits per heavy atom. The summed E-state index contributed by atoms with van der Waals surface area (Å²) in [6.45, 7) is 6.39. The Morgan fingerprint density at radius 1 is 0.273 bits per heavy atom. The van der Waals surface area contributed by atoms with E-state index in [-0.39, 0.29) is 31.1 Å². The SMILES string of the molecule is CC/C=C\C/C=C\C/C=C\C/C=C\C/C=C\C/C=C\CCCCCCCCCCCCCCCCCCC(=O)OCC(COC(=O)CCCCCCCCCCC)OC(=O)CCCCCCC/C=C\C/C=C\C/C=C\CC. The van der Waals surface area contributed by atoms with Gasteiger partial charge in [-0.2, -0.15) is 0 Å². The molecule has 0 fully saturated rings. The molecule has 0 aromatic carbocycles. The van der Waals surface area contributed by atoms with E-state index >= 15 is 0 Å². The van der Waals surface area contributed by atoms with Gasteiger partial charge in [0.05, 0.1) is 0 Å². The third kappa shape index (κ3) is 62.8. The molecule has 6 heteroatoms. The Balaban J connectivity index is 4.07. The van der Waals surface area contributed by atoms with Gasteiger partial charge in [-0.15, -0.1) is 0 Å². The summed E-state index contributed by atoms with van der Waals surface area (Å²) >= 11 is 0. The lowest BCUT2D eigenvalue weighted by atomic mass is 10.0. The molecule has 77 heavy (non-hydrogen) atoms. The van der Waals surface area contributed by atoms with Crippen LogP contribution >= 0.6 is 0 Å². The van der Waals surface area contributed by atoms with Gasteiger partial charge in [0.2, 0.25) is 0 Å². The van der Waals surface area contributed by atoms with Crippen molar-refractivity contribution in [2.45, 2.75) is 309 Å². The van der Waals surface area contributed by atoms with E-state index in [0.717, 1.165) is 135 Å². The first-order chi connectivity index (χ1) is 38.0. The molecule has 1 unspecified atom stereocenters. The normalized spacial score (nSPS) is 12.8. The molecule has 0 amide bonds. The molecule has 0 aromatic rings. The minimum absolute atomic E-state index is 0.0815. The van der Waals surface area contributed by atoms with Gasteiger partial charge in [-0.05, 0) is 103 Å². The minimum Gasteiger partial charge on any atom is -0.462 e. The maximum absolute atomic E-state index is 12.8. The minimum atomic E-state index is -0.784. The van der Waals surface area contributed by atoms with E-state index in [1.54, 1.807) is 0 Å². The lowest BCUT2D eigenvalue weighted by Crippen LogP contribution is -2.30. The summed E-state index contributed by atoms with van der Waals surface area (Å²) in [5, 5.41) is 0. The number of allylic oxidation sites excluding steroid dienone is 18. The third-order valence-electron chi connectivity index (χ3n) is 13.8. The van der Waals surface area contributed by atoms with Crippen LogP contribution in [0.2, 0.25) is 0 Å². The van der Waals surface area contributed by atoms with Crippen LogP contribution in [0, 0.1) is 0 Å². The fourth-order valence-electron chi connectivity index (χ4n) is 8.99. The summed E-state index contributed by atoms with van der Waals surface area (Å²) in [6.07, 6.45) is 88.4. The summed E-state index contributed by atoms with van der Waals surface area (Å²) in [6, 6.07) is 0. The smallest absolute Gasteiger partial charge is 0.306 e. The highest BCUT2D eigenvalue weighted by atomic mass is 16.6. The van der Waals surface area contributed by atoms with Crippen LogP contribution in [0.1, 0.15) is 303 Å². The van der Waals surface area contributed by atoms with E-state index in [9.17, 15) is 14.4 Å². The largest absolute Gasteiger partial charge is 0.462 e. The molecule has 0 heterocycles. The Kier molecular flexibility index (Phi) is 61.3. The molecule has 440 valence electrons. The molecule has 0 saturated heterocycles. The number of hydrogen-bond acceptors (Lipinski definition) is 6. The van der Waals surface area contributed by atoms with Gasteiger partial charge in [0, 0.05) is 19.3 Å². The molecule has 0 aliphatic heterocycles. The molecule has 0 bridgehead atoms. The van der Waals surface area contributed by atoms with Crippen molar-refractivity contribution in [3.05, 3.63) is 109 Å². The van der Waals surface area contributed by atoms with Crippen LogP contribution in [0.4, 0.5) is 0 Å². The second-order valence-corrected chi connectivity index (χ2v) is 21.3. The highest BCUT2D eigenvalue weighted by Gasteiger charge is 2.19. The van der Waals surface area contributed by atoms with Crippen LogP contribution in [0.25, 0.3) is 0 Å². The highest BCUT2D eigenvalue weighted by molar-refractivity contribution is 5.71. The van der Waals surface area contributed by atoms with Gasteiger partial charge in [0.25, 0.3) is 0 Å². The zero-order valence-corrected chi connectivity index (χ0v) is 50.4. The Hall–Kier alpha value is -3.93. The molecular formula is C71H120O6.